The van der Waals surface area contributed by atoms with Gasteiger partial charge in [-0.25, -0.2) is 15.8 Å². The molecule has 0 amide bonds. The lowest BCUT2D eigenvalue weighted by atomic mass is 10.2. The van der Waals surface area contributed by atoms with Crippen LogP contribution in [-0.2, 0) is 10.0 Å². The normalized spacial score (nSPS) is 11.3. The van der Waals surface area contributed by atoms with Gasteiger partial charge in [0.15, 0.2) is 5.82 Å². The van der Waals surface area contributed by atoms with Crippen LogP contribution in [0.4, 0.5) is 23.0 Å². The number of benzene rings is 3. The number of hydrogen-bond donors (Lipinski definition) is 3. The number of aromatic nitrogens is 2. The van der Waals surface area contributed by atoms with Gasteiger partial charge in [-0.15, -0.1) is 0 Å². The quantitative estimate of drug-likeness (QED) is 0.238. The van der Waals surface area contributed by atoms with Crippen molar-refractivity contribution in [3.63, 3.8) is 0 Å². The first-order valence-corrected chi connectivity index (χ1v) is 10.7. The third-order valence-corrected chi connectivity index (χ3v) is 6.05. The number of anilines is 4. The maximum Gasteiger partial charge on any atom is 0.279 e. The molecule has 31 heavy (non-hydrogen) atoms. The molecule has 158 valence electrons. The predicted molar refractivity (Wildman–Crippen MR) is 121 cm³/mol. The van der Waals surface area contributed by atoms with E-state index in [2.05, 4.69) is 15.3 Å². The lowest BCUT2D eigenvalue weighted by Crippen LogP contribution is -2.38. The van der Waals surface area contributed by atoms with E-state index in [-0.39, 0.29) is 16.5 Å². The van der Waals surface area contributed by atoms with Crippen molar-refractivity contribution in [3.05, 3.63) is 72.8 Å². The maximum atomic E-state index is 13.1. The molecular formula is C21H20N6O3S. The van der Waals surface area contributed by atoms with Gasteiger partial charge in [-0.2, -0.15) is 12.8 Å². The Morgan fingerprint density at radius 1 is 0.935 bits per heavy atom. The van der Waals surface area contributed by atoms with E-state index in [1.807, 2.05) is 6.07 Å². The van der Waals surface area contributed by atoms with Crippen molar-refractivity contribution in [1.82, 2.24) is 9.97 Å². The smallest absolute Gasteiger partial charge is 0.279 e. The molecule has 0 aliphatic heterocycles. The lowest BCUT2D eigenvalue weighted by Gasteiger charge is -2.21. The molecule has 0 aliphatic rings. The zero-order valence-corrected chi connectivity index (χ0v) is 17.4. The Hall–Kier alpha value is -3.89. The summed E-state index contributed by atoms with van der Waals surface area (Å²) in [5, 5.41) is 3.06. The second-order valence-electron chi connectivity index (χ2n) is 6.62. The molecule has 9 nitrogen and oxygen atoms in total. The fourth-order valence-electron chi connectivity index (χ4n) is 3.00. The molecule has 5 N–H and O–H groups in total. The standard InChI is InChI=1S/C21H20N6O3S/c1-30-16-12-14(22)11-15(13-16)24-20-21(26-19-10-6-5-9-18(19)25-20)27(23)31(28,29)17-7-3-2-4-8-17/h2-13H,22-23H2,1H3,(H,24,25). The fourth-order valence-corrected chi connectivity index (χ4v) is 4.08. The van der Waals surface area contributed by atoms with Gasteiger partial charge in [-0.05, 0) is 30.3 Å². The Kier molecular flexibility index (Phi) is 5.32. The van der Waals surface area contributed by atoms with Crippen LogP contribution >= 0.6 is 0 Å². The summed E-state index contributed by atoms with van der Waals surface area (Å²) in [5.74, 6) is 6.70. The minimum absolute atomic E-state index is 0.0315. The van der Waals surface area contributed by atoms with E-state index >= 15 is 0 Å². The van der Waals surface area contributed by atoms with Crippen molar-refractivity contribution in [2.24, 2.45) is 5.84 Å². The number of sulfonamides is 1. The molecule has 0 atom stereocenters. The number of ether oxygens (including phenoxy) is 1. The molecule has 1 aromatic heterocycles. The summed E-state index contributed by atoms with van der Waals surface area (Å²) >= 11 is 0. The Morgan fingerprint density at radius 2 is 1.58 bits per heavy atom. The van der Waals surface area contributed by atoms with Gasteiger partial charge in [0.2, 0.25) is 5.82 Å². The number of nitrogens with one attached hydrogen (secondary N) is 1. The van der Waals surface area contributed by atoms with Crippen LogP contribution in [-0.4, -0.2) is 25.5 Å². The van der Waals surface area contributed by atoms with Crippen molar-refractivity contribution in [1.29, 1.82) is 0 Å². The summed E-state index contributed by atoms with van der Waals surface area (Å²) < 4.78 is 32.1. The number of para-hydroxylation sites is 2. The highest BCUT2D eigenvalue weighted by molar-refractivity contribution is 7.92. The number of methoxy groups -OCH3 is 1. The molecule has 4 aromatic rings. The highest BCUT2D eigenvalue weighted by Gasteiger charge is 2.27. The minimum Gasteiger partial charge on any atom is -0.497 e. The molecule has 10 heteroatoms. The maximum absolute atomic E-state index is 13.1. The second kappa shape index (κ2) is 8.09. The highest BCUT2D eigenvalue weighted by atomic mass is 32.2. The molecule has 0 unspecified atom stereocenters. The molecule has 0 bridgehead atoms. The molecular weight excluding hydrogens is 416 g/mol. The Bertz CT molecular complexity index is 1350. The number of hydrogen-bond acceptors (Lipinski definition) is 8. The fraction of sp³-hybridized carbons (Fsp3) is 0.0476. The summed E-state index contributed by atoms with van der Waals surface area (Å²) in [6.07, 6.45) is 0. The van der Waals surface area contributed by atoms with Gasteiger partial charge in [-0.1, -0.05) is 30.3 Å². The molecule has 0 aliphatic carbocycles. The predicted octanol–water partition coefficient (Wildman–Crippen LogP) is 3.03. The third kappa shape index (κ3) is 4.06. The van der Waals surface area contributed by atoms with E-state index in [4.69, 9.17) is 16.3 Å². The van der Waals surface area contributed by atoms with Crippen LogP contribution in [0.1, 0.15) is 0 Å². The number of nitrogen functional groups attached to an aromatic ring is 1. The molecule has 0 saturated carbocycles. The lowest BCUT2D eigenvalue weighted by molar-refractivity contribution is 0.415. The van der Waals surface area contributed by atoms with Crippen LogP contribution < -0.4 is 26.0 Å². The van der Waals surface area contributed by atoms with Crippen molar-refractivity contribution in [2.45, 2.75) is 4.90 Å². The monoisotopic (exact) mass is 436 g/mol. The van der Waals surface area contributed by atoms with E-state index in [0.717, 1.165) is 0 Å². The summed E-state index contributed by atoms with van der Waals surface area (Å²) in [7, 11) is -2.56. The van der Waals surface area contributed by atoms with Crippen molar-refractivity contribution >= 4 is 44.1 Å². The van der Waals surface area contributed by atoms with Crippen LogP contribution in [0.5, 0.6) is 5.75 Å². The Balaban J connectivity index is 1.85. The van der Waals surface area contributed by atoms with Gasteiger partial charge in [0.05, 0.1) is 23.0 Å². The number of fused-ring (bicyclic) bond motifs is 1. The highest BCUT2D eigenvalue weighted by Crippen LogP contribution is 2.31. The Labute approximate surface area is 179 Å². The molecule has 4 rings (SSSR count). The molecule has 0 radical (unpaired) electrons. The topological polar surface area (TPSA) is 136 Å². The first-order chi connectivity index (χ1) is 14.9. The van der Waals surface area contributed by atoms with E-state index in [0.29, 0.717) is 32.6 Å². The van der Waals surface area contributed by atoms with Crippen LogP contribution in [0.25, 0.3) is 11.0 Å². The molecule has 1 heterocycles. The zero-order chi connectivity index (χ0) is 22.0. The third-order valence-electron chi connectivity index (χ3n) is 4.49. The number of nitrogens with two attached hydrogens (primary N) is 2. The minimum atomic E-state index is -4.08. The van der Waals surface area contributed by atoms with Crippen molar-refractivity contribution in [2.75, 3.05) is 22.6 Å². The van der Waals surface area contributed by atoms with E-state index in [9.17, 15) is 8.42 Å². The zero-order valence-electron chi connectivity index (χ0n) is 16.6. The Morgan fingerprint density at radius 3 is 2.26 bits per heavy atom. The van der Waals surface area contributed by atoms with Gasteiger partial charge in [0.25, 0.3) is 10.0 Å². The van der Waals surface area contributed by atoms with Crippen molar-refractivity contribution < 1.29 is 13.2 Å². The van der Waals surface area contributed by atoms with Gasteiger partial charge >= 0.3 is 0 Å². The van der Waals surface area contributed by atoms with Gasteiger partial charge in [-0.3, -0.25) is 0 Å². The molecule has 0 saturated heterocycles. The SMILES string of the molecule is COc1cc(N)cc(Nc2nc3ccccc3nc2N(N)S(=O)(=O)c2ccccc2)c1. The summed E-state index contributed by atoms with van der Waals surface area (Å²) in [6, 6.07) is 20.0. The summed E-state index contributed by atoms with van der Waals surface area (Å²) in [5.41, 5.74) is 7.99. The second-order valence-corrected chi connectivity index (χ2v) is 8.43. The average molecular weight is 436 g/mol. The summed E-state index contributed by atoms with van der Waals surface area (Å²) in [4.78, 5) is 9.04. The van der Waals surface area contributed by atoms with E-state index < -0.39 is 10.0 Å². The number of rotatable bonds is 6. The molecule has 0 fully saturated rings. The first-order valence-electron chi connectivity index (χ1n) is 9.22. The van der Waals surface area contributed by atoms with Crippen LogP contribution in [0.15, 0.2) is 77.7 Å². The van der Waals surface area contributed by atoms with E-state index in [1.54, 1.807) is 54.6 Å². The van der Waals surface area contributed by atoms with E-state index in [1.165, 1.54) is 19.2 Å². The van der Waals surface area contributed by atoms with Crippen LogP contribution in [0.2, 0.25) is 0 Å². The number of nitrogens with zero attached hydrogens (tertiary/aromatic N) is 3. The van der Waals surface area contributed by atoms with Gasteiger partial charge in [0.1, 0.15) is 5.75 Å². The first kappa shape index (κ1) is 20.4. The van der Waals surface area contributed by atoms with Crippen molar-refractivity contribution in [3.8, 4) is 5.75 Å². The molecule has 3 aromatic carbocycles. The van der Waals surface area contributed by atoms with Crippen LogP contribution in [0, 0.1) is 0 Å². The number of hydrazine groups is 1. The molecule has 0 spiro atoms. The van der Waals surface area contributed by atoms with Crippen LogP contribution in [0.3, 0.4) is 0 Å². The summed E-state index contributed by atoms with van der Waals surface area (Å²) in [6.45, 7) is 0. The van der Waals surface area contributed by atoms with Gasteiger partial charge in [0, 0.05) is 23.5 Å². The largest absolute Gasteiger partial charge is 0.497 e. The average Bonchev–Trinajstić information content (AvgIpc) is 2.78. The van der Waals surface area contributed by atoms with Gasteiger partial charge < -0.3 is 15.8 Å².